The number of nitrogens with zero attached hydrogens (tertiary/aromatic N) is 2. The molecule has 1 aromatic carbocycles. The van der Waals surface area contributed by atoms with Gasteiger partial charge in [-0.3, -0.25) is 9.69 Å². The number of aromatic nitrogens is 1. The first-order valence-corrected chi connectivity index (χ1v) is 10.6. The first-order valence-electron chi connectivity index (χ1n) is 9.75. The number of aryl methyl sites for hydroxylation is 1. The summed E-state index contributed by atoms with van der Waals surface area (Å²) in [5, 5.41) is 5.99. The van der Waals surface area contributed by atoms with Gasteiger partial charge in [-0.15, -0.1) is 11.3 Å². The molecule has 0 aliphatic carbocycles. The van der Waals surface area contributed by atoms with Crippen LogP contribution in [0.3, 0.4) is 0 Å². The second kappa shape index (κ2) is 10.0. The van der Waals surface area contributed by atoms with Crippen LogP contribution in [-0.4, -0.2) is 54.7 Å². The Morgan fingerprint density at radius 3 is 3.07 bits per heavy atom. The van der Waals surface area contributed by atoms with Gasteiger partial charge in [-0.2, -0.15) is 0 Å². The number of hydrogen-bond acceptors (Lipinski definition) is 6. The molecule has 0 spiro atoms. The molecule has 1 saturated heterocycles. The van der Waals surface area contributed by atoms with Crippen LogP contribution in [0.2, 0.25) is 0 Å². The predicted molar refractivity (Wildman–Crippen MR) is 111 cm³/mol. The molecular weight excluding hydrogens is 374 g/mol. The van der Waals surface area contributed by atoms with Gasteiger partial charge in [0.2, 0.25) is 0 Å². The predicted octanol–water partition coefficient (Wildman–Crippen LogP) is 3.12. The molecule has 1 aliphatic heterocycles. The number of rotatable bonds is 8. The summed E-state index contributed by atoms with van der Waals surface area (Å²) in [4.78, 5) is 19.3. The topological polar surface area (TPSA) is 63.7 Å². The van der Waals surface area contributed by atoms with Crippen LogP contribution in [0, 0.1) is 12.8 Å². The van der Waals surface area contributed by atoms with Crippen LogP contribution in [0.15, 0.2) is 29.6 Å². The molecule has 6 nitrogen and oxygen atoms in total. The highest BCUT2D eigenvalue weighted by Gasteiger charge is 2.21. The van der Waals surface area contributed by atoms with Gasteiger partial charge in [0.05, 0.1) is 23.4 Å². The van der Waals surface area contributed by atoms with Crippen molar-refractivity contribution in [2.24, 2.45) is 5.92 Å². The molecule has 1 aliphatic rings. The Kier molecular flexibility index (Phi) is 7.42. The van der Waals surface area contributed by atoms with E-state index in [2.05, 4.69) is 29.0 Å². The van der Waals surface area contributed by atoms with Gasteiger partial charge in [0.15, 0.2) is 0 Å². The van der Waals surface area contributed by atoms with Crippen LogP contribution in [-0.2, 0) is 11.3 Å². The fourth-order valence-electron chi connectivity index (χ4n) is 3.25. The first kappa shape index (κ1) is 20.8. The van der Waals surface area contributed by atoms with Crippen molar-refractivity contribution in [3.05, 3.63) is 45.9 Å². The summed E-state index contributed by atoms with van der Waals surface area (Å²) in [7, 11) is 0. The fourth-order valence-corrected chi connectivity index (χ4v) is 3.85. The lowest BCUT2D eigenvalue weighted by atomic mass is 10.1. The number of morpholine rings is 1. The zero-order valence-corrected chi connectivity index (χ0v) is 17.6. The van der Waals surface area contributed by atoms with Gasteiger partial charge in [0.1, 0.15) is 12.4 Å². The SMILES string of the molecule is Cc1nc(COc2cccc(C(=O)NCC3CN(CC(C)C)CCO3)c2)cs1. The highest BCUT2D eigenvalue weighted by Crippen LogP contribution is 2.16. The van der Waals surface area contributed by atoms with Crippen molar-refractivity contribution in [1.29, 1.82) is 0 Å². The van der Waals surface area contributed by atoms with E-state index in [4.69, 9.17) is 9.47 Å². The van der Waals surface area contributed by atoms with Crippen molar-refractivity contribution in [3.8, 4) is 5.75 Å². The monoisotopic (exact) mass is 403 g/mol. The van der Waals surface area contributed by atoms with Gasteiger partial charge in [0, 0.05) is 37.1 Å². The number of thiazole rings is 1. The number of nitrogens with one attached hydrogen (secondary N) is 1. The average Bonchev–Trinajstić information content (AvgIpc) is 3.10. The highest BCUT2D eigenvalue weighted by atomic mass is 32.1. The largest absolute Gasteiger partial charge is 0.487 e. The van der Waals surface area contributed by atoms with E-state index in [1.807, 2.05) is 24.4 Å². The van der Waals surface area contributed by atoms with Gasteiger partial charge in [-0.05, 0) is 31.0 Å². The zero-order valence-electron chi connectivity index (χ0n) is 16.8. The van der Waals surface area contributed by atoms with E-state index in [9.17, 15) is 4.79 Å². The molecule has 0 bridgehead atoms. The lowest BCUT2D eigenvalue weighted by Gasteiger charge is -2.33. The maximum Gasteiger partial charge on any atom is 0.251 e. The molecule has 1 aromatic heterocycles. The lowest BCUT2D eigenvalue weighted by Crippen LogP contribution is -2.48. The molecular formula is C21H29N3O3S. The fraction of sp³-hybridized carbons (Fsp3) is 0.524. The molecule has 1 atom stereocenters. The normalized spacial score (nSPS) is 17.6. The summed E-state index contributed by atoms with van der Waals surface area (Å²) in [5.41, 5.74) is 1.49. The Labute approximate surface area is 170 Å². The molecule has 2 heterocycles. The third kappa shape index (κ3) is 6.29. The minimum atomic E-state index is -0.112. The number of ether oxygens (including phenoxy) is 2. The van der Waals surface area contributed by atoms with E-state index < -0.39 is 0 Å². The van der Waals surface area contributed by atoms with Crippen LogP contribution in [0.5, 0.6) is 5.75 Å². The quantitative estimate of drug-likeness (QED) is 0.734. The van der Waals surface area contributed by atoms with Gasteiger partial charge in [-0.25, -0.2) is 4.98 Å². The number of amides is 1. The van der Waals surface area contributed by atoms with Crippen molar-refractivity contribution in [3.63, 3.8) is 0 Å². The second-order valence-corrected chi connectivity index (χ2v) is 8.59. The summed E-state index contributed by atoms with van der Waals surface area (Å²) >= 11 is 1.60. The molecule has 0 saturated carbocycles. The minimum absolute atomic E-state index is 0.0313. The van der Waals surface area contributed by atoms with E-state index in [1.54, 1.807) is 23.5 Å². The third-order valence-corrected chi connectivity index (χ3v) is 5.31. The van der Waals surface area contributed by atoms with Crippen LogP contribution in [0.4, 0.5) is 0 Å². The molecule has 1 N–H and O–H groups in total. The average molecular weight is 404 g/mol. The zero-order chi connectivity index (χ0) is 19.9. The highest BCUT2D eigenvalue weighted by molar-refractivity contribution is 7.09. The molecule has 1 fully saturated rings. The van der Waals surface area contributed by atoms with E-state index in [1.165, 1.54) is 0 Å². The van der Waals surface area contributed by atoms with Crippen LogP contribution < -0.4 is 10.1 Å². The van der Waals surface area contributed by atoms with Gasteiger partial charge in [0.25, 0.3) is 5.91 Å². The maximum atomic E-state index is 12.5. The smallest absolute Gasteiger partial charge is 0.251 e. The Balaban J connectivity index is 1.48. The van der Waals surface area contributed by atoms with Crippen LogP contribution in [0.25, 0.3) is 0 Å². The molecule has 1 unspecified atom stereocenters. The summed E-state index contributed by atoms with van der Waals surface area (Å²) < 4.78 is 11.6. The van der Waals surface area contributed by atoms with Gasteiger partial charge in [-0.1, -0.05) is 19.9 Å². The molecule has 28 heavy (non-hydrogen) atoms. The second-order valence-electron chi connectivity index (χ2n) is 7.53. The molecule has 7 heteroatoms. The molecule has 3 rings (SSSR count). The third-order valence-electron chi connectivity index (χ3n) is 4.49. The first-order chi connectivity index (χ1) is 13.5. The van der Waals surface area contributed by atoms with Crippen molar-refractivity contribution >= 4 is 17.2 Å². The standard InChI is InChI=1S/C21H29N3O3S/c1-15(2)11-24-7-8-26-20(12-24)10-22-21(25)17-5-4-6-19(9-17)27-13-18-14-28-16(3)23-18/h4-6,9,14-15,20H,7-8,10-13H2,1-3H3,(H,22,25). The number of benzene rings is 1. The molecule has 0 radical (unpaired) electrons. The Bertz CT molecular complexity index is 778. The van der Waals surface area contributed by atoms with Crippen LogP contribution >= 0.6 is 11.3 Å². The van der Waals surface area contributed by atoms with E-state index in [0.717, 1.165) is 30.3 Å². The summed E-state index contributed by atoms with van der Waals surface area (Å²) in [6, 6.07) is 7.24. The number of carbonyl (C=O) groups is 1. The Morgan fingerprint density at radius 2 is 2.32 bits per heavy atom. The lowest BCUT2D eigenvalue weighted by molar-refractivity contribution is -0.0295. The number of carbonyl (C=O) groups excluding carboxylic acids is 1. The van der Waals surface area contributed by atoms with Crippen molar-refractivity contribution < 1.29 is 14.3 Å². The molecule has 152 valence electrons. The number of hydrogen-bond donors (Lipinski definition) is 1. The summed E-state index contributed by atoms with van der Waals surface area (Å²) in [6.45, 7) is 10.9. The van der Waals surface area contributed by atoms with Gasteiger partial charge >= 0.3 is 0 Å². The van der Waals surface area contributed by atoms with Gasteiger partial charge < -0.3 is 14.8 Å². The van der Waals surface area contributed by atoms with Crippen molar-refractivity contribution in [1.82, 2.24) is 15.2 Å². The minimum Gasteiger partial charge on any atom is -0.487 e. The summed E-state index contributed by atoms with van der Waals surface area (Å²) in [6.07, 6.45) is 0.0313. The maximum absolute atomic E-state index is 12.5. The van der Waals surface area contributed by atoms with Crippen molar-refractivity contribution in [2.45, 2.75) is 33.5 Å². The van der Waals surface area contributed by atoms with Crippen molar-refractivity contribution in [2.75, 3.05) is 32.8 Å². The van der Waals surface area contributed by atoms with E-state index >= 15 is 0 Å². The Morgan fingerprint density at radius 1 is 1.46 bits per heavy atom. The van der Waals surface area contributed by atoms with E-state index in [0.29, 0.717) is 37.0 Å². The summed E-state index contributed by atoms with van der Waals surface area (Å²) in [5.74, 6) is 1.18. The van der Waals surface area contributed by atoms with E-state index in [-0.39, 0.29) is 12.0 Å². The molecule has 2 aromatic rings. The van der Waals surface area contributed by atoms with Crippen LogP contribution in [0.1, 0.15) is 34.9 Å². The molecule has 1 amide bonds. The Hall–Kier alpha value is -1.96.